The number of nitrogens with zero attached hydrogens (tertiary/aromatic N) is 2. The van der Waals surface area contributed by atoms with Crippen LogP contribution >= 0.6 is 23.2 Å². The quantitative estimate of drug-likeness (QED) is 0.744. The minimum Gasteiger partial charge on any atom is -0.220 e. The molecule has 0 saturated heterocycles. The highest BCUT2D eigenvalue weighted by atomic mass is 35.5. The van der Waals surface area contributed by atoms with Crippen molar-refractivity contribution in [2.24, 2.45) is 0 Å². The number of benzene rings is 1. The van der Waals surface area contributed by atoms with Crippen molar-refractivity contribution < 1.29 is 0 Å². The summed E-state index contributed by atoms with van der Waals surface area (Å²) >= 11 is 12.4. The molecule has 1 aromatic carbocycles. The van der Waals surface area contributed by atoms with Crippen LogP contribution in [0.2, 0.25) is 10.3 Å². The maximum Gasteiger partial charge on any atom is 0.142 e. The molecule has 0 N–H and O–H groups in total. The van der Waals surface area contributed by atoms with E-state index < -0.39 is 0 Å². The van der Waals surface area contributed by atoms with Crippen LogP contribution in [0.4, 0.5) is 0 Å². The van der Waals surface area contributed by atoms with Crippen molar-refractivity contribution in [3.05, 3.63) is 46.5 Å². The Labute approximate surface area is 111 Å². The molecule has 0 fully saturated rings. The van der Waals surface area contributed by atoms with Gasteiger partial charge in [0, 0.05) is 5.92 Å². The van der Waals surface area contributed by atoms with E-state index in [1.807, 2.05) is 44.2 Å². The SMILES string of the molecule is CC(C)c1nc(Cl)c(-c2ccccc2)c(Cl)n1. The van der Waals surface area contributed by atoms with E-state index in [1.54, 1.807) is 0 Å². The van der Waals surface area contributed by atoms with Crippen molar-refractivity contribution in [2.45, 2.75) is 19.8 Å². The minimum absolute atomic E-state index is 0.204. The lowest BCUT2D eigenvalue weighted by Crippen LogP contribution is -2.00. The zero-order valence-electron chi connectivity index (χ0n) is 9.61. The average Bonchev–Trinajstić information content (AvgIpc) is 2.29. The zero-order chi connectivity index (χ0) is 12.4. The molecule has 0 saturated carbocycles. The summed E-state index contributed by atoms with van der Waals surface area (Å²) in [5.74, 6) is 0.870. The normalized spacial score (nSPS) is 10.9. The molecule has 2 rings (SSSR count). The van der Waals surface area contributed by atoms with Crippen LogP contribution in [-0.2, 0) is 0 Å². The average molecular weight is 267 g/mol. The third kappa shape index (κ3) is 2.59. The Kier molecular flexibility index (Phi) is 3.65. The van der Waals surface area contributed by atoms with Gasteiger partial charge in [-0.05, 0) is 5.56 Å². The molecule has 0 aliphatic rings. The largest absolute Gasteiger partial charge is 0.220 e. The summed E-state index contributed by atoms with van der Waals surface area (Å²) in [6, 6.07) is 9.67. The predicted molar refractivity (Wildman–Crippen MR) is 71.6 cm³/mol. The lowest BCUT2D eigenvalue weighted by atomic mass is 10.1. The standard InChI is InChI=1S/C13H12Cl2N2/c1-8(2)13-16-11(14)10(12(15)17-13)9-6-4-3-5-7-9/h3-8H,1-2H3. The molecule has 0 spiro atoms. The van der Waals surface area contributed by atoms with Crippen LogP contribution in [0.15, 0.2) is 30.3 Å². The number of hydrogen-bond donors (Lipinski definition) is 0. The van der Waals surface area contributed by atoms with Gasteiger partial charge in [0.25, 0.3) is 0 Å². The fraction of sp³-hybridized carbons (Fsp3) is 0.231. The summed E-state index contributed by atoms with van der Waals surface area (Å²) in [6.45, 7) is 4.01. The first-order valence-corrected chi connectivity index (χ1v) is 6.13. The maximum absolute atomic E-state index is 6.18. The van der Waals surface area contributed by atoms with E-state index in [0.717, 1.165) is 5.56 Å². The summed E-state index contributed by atoms with van der Waals surface area (Å²) in [5.41, 5.74) is 1.62. The lowest BCUT2D eigenvalue weighted by molar-refractivity contribution is 0.775. The second kappa shape index (κ2) is 5.03. The van der Waals surface area contributed by atoms with Gasteiger partial charge in [0.15, 0.2) is 0 Å². The Morgan fingerprint density at radius 3 is 1.94 bits per heavy atom. The van der Waals surface area contributed by atoms with Gasteiger partial charge < -0.3 is 0 Å². The Morgan fingerprint density at radius 2 is 1.47 bits per heavy atom. The fourth-order valence-electron chi connectivity index (χ4n) is 1.52. The predicted octanol–water partition coefficient (Wildman–Crippen LogP) is 4.57. The fourth-order valence-corrected chi connectivity index (χ4v) is 2.14. The van der Waals surface area contributed by atoms with Crippen LogP contribution in [0.1, 0.15) is 25.6 Å². The van der Waals surface area contributed by atoms with Gasteiger partial charge in [0.1, 0.15) is 16.1 Å². The van der Waals surface area contributed by atoms with E-state index in [1.165, 1.54) is 0 Å². The number of aromatic nitrogens is 2. The highest BCUT2D eigenvalue weighted by Gasteiger charge is 2.14. The van der Waals surface area contributed by atoms with Crippen LogP contribution < -0.4 is 0 Å². The van der Waals surface area contributed by atoms with Crippen molar-refractivity contribution in [3.8, 4) is 11.1 Å². The summed E-state index contributed by atoms with van der Waals surface area (Å²) < 4.78 is 0. The third-order valence-electron chi connectivity index (χ3n) is 2.42. The summed E-state index contributed by atoms with van der Waals surface area (Å²) in [7, 11) is 0. The Morgan fingerprint density at radius 1 is 0.941 bits per heavy atom. The van der Waals surface area contributed by atoms with Crippen molar-refractivity contribution in [1.82, 2.24) is 9.97 Å². The molecule has 17 heavy (non-hydrogen) atoms. The van der Waals surface area contributed by atoms with Crippen molar-refractivity contribution >= 4 is 23.2 Å². The number of hydrogen-bond acceptors (Lipinski definition) is 2. The molecule has 4 heteroatoms. The molecule has 0 radical (unpaired) electrons. The molecule has 0 bridgehead atoms. The van der Waals surface area contributed by atoms with Gasteiger partial charge in [-0.3, -0.25) is 0 Å². The summed E-state index contributed by atoms with van der Waals surface area (Å²) in [4.78, 5) is 8.56. The maximum atomic E-state index is 6.18. The smallest absolute Gasteiger partial charge is 0.142 e. The van der Waals surface area contributed by atoms with Crippen LogP contribution in [-0.4, -0.2) is 9.97 Å². The van der Waals surface area contributed by atoms with E-state index in [9.17, 15) is 0 Å². The number of halogens is 2. The zero-order valence-corrected chi connectivity index (χ0v) is 11.1. The third-order valence-corrected chi connectivity index (χ3v) is 2.96. The molecule has 0 aliphatic carbocycles. The molecule has 1 heterocycles. The highest BCUT2D eigenvalue weighted by molar-refractivity contribution is 6.37. The Balaban J connectivity index is 2.57. The topological polar surface area (TPSA) is 25.8 Å². The van der Waals surface area contributed by atoms with E-state index >= 15 is 0 Å². The molecule has 0 aliphatic heterocycles. The van der Waals surface area contributed by atoms with Crippen LogP contribution in [0.5, 0.6) is 0 Å². The molecule has 2 aromatic rings. The second-order valence-corrected chi connectivity index (χ2v) is 4.78. The van der Waals surface area contributed by atoms with E-state index in [-0.39, 0.29) is 5.92 Å². The molecule has 2 nitrogen and oxygen atoms in total. The summed E-state index contributed by atoms with van der Waals surface area (Å²) in [5, 5.41) is 0.805. The Hall–Kier alpha value is -1.12. The van der Waals surface area contributed by atoms with Gasteiger partial charge in [-0.25, -0.2) is 9.97 Å². The second-order valence-electron chi connectivity index (χ2n) is 4.06. The van der Waals surface area contributed by atoms with Crippen molar-refractivity contribution in [3.63, 3.8) is 0 Å². The van der Waals surface area contributed by atoms with Gasteiger partial charge in [0.05, 0.1) is 5.56 Å². The molecule has 88 valence electrons. The minimum atomic E-state index is 0.204. The molecule has 0 unspecified atom stereocenters. The molecular formula is C13H12Cl2N2. The molecule has 0 amide bonds. The van der Waals surface area contributed by atoms with Crippen LogP contribution in [0.3, 0.4) is 0 Å². The van der Waals surface area contributed by atoms with E-state index in [4.69, 9.17) is 23.2 Å². The number of rotatable bonds is 2. The summed E-state index contributed by atoms with van der Waals surface area (Å²) in [6.07, 6.45) is 0. The molecular weight excluding hydrogens is 255 g/mol. The van der Waals surface area contributed by atoms with Gasteiger partial charge in [-0.1, -0.05) is 67.4 Å². The first-order chi connectivity index (χ1) is 8.09. The van der Waals surface area contributed by atoms with E-state index in [2.05, 4.69) is 9.97 Å². The van der Waals surface area contributed by atoms with Gasteiger partial charge in [0.2, 0.25) is 0 Å². The highest BCUT2D eigenvalue weighted by Crippen LogP contribution is 2.33. The van der Waals surface area contributed by atoms with Crippen LogP contribution in [0.25, 0.3) is 11.1 Å². The van der Waals surface area contributed by atoms with E-state index in [0.29, 0.717) is 21.7 Å². The lowest BCUT2D eigenvalue weighted by Gasteiger charge is -2.10. The monoisotopic (exact) mass is 266 g/mol. The first kappa shape index (κ1) is 12.3. The van der Waals surface area contributed by atoms with Crippen molar-refractivity contribution in [1.29, 1.82) is 0 Å². The molecule has 0 atom stereocenters. The Bertz CT molecular complexity index is 501. The van der Waals surface area contributed by atoms with Crippen LogP contribution in [0, 0.1) is 0 Å². The first-order valence-electron chi connectivity index (χ1n) is 5.38. The van der Waals surface area contributed by atoms with Crippen molar-refractivity contribution in [2.75, 3.05) is 0 Å². The molecule has 1 aromatic heterocycles. The van der Waals surface area contributed by atoms with Gasteiger partial charge in [-0.15, -0.1) is 0 Å². The van der Waals surface area contributed by atoms with Gasteiger partial charge in [-0.2, -0.15) is 0 Å². The van der Waals surface area contributed by atoms with Gasteiger partial charge >= 0.3 is 0 Å².